The lowest BCUT2D eigenvalue weighted by Gasteiger charge is -1.91. The summed E-state index contributed by atoms with van der Waals surface area (Å²) in [6.07, 6.45) is 2.80. The van der Waals surface area contributed by atoms with E-state index >= 15 is 0 Å². The van der Waals surface area contributed by atoms with Crippen LogP contribution in [-0.2, 0) is 11.2 Å². The summed E-state index contributed by atoms with van der Waals surface area (Å²) < 4.78 is 5.24. The zero-order valence-corrected chi connectivity index (χ0v) is 7.54. The Balaban J connectivity index is 2.67. The molecule has 66 valence electrons. The standard InChI is InChI=1S/C10H7ClO2/c11-9-3-1-2-8-7(4-5-12)6-13-10(8)9/h1-3,5-6H,4H2. The average Bonchev–Trinajstić information content (AvgIpc) is 2.51. The Kier molecular flexibility index (Phi) is 2.07. The van der Waals surface area contributed by atoms with Crippen LogP contribution in [0.1, 0.15) is 5.56 Å². The quantitative estimate of drug-likeness (QED) is 0.689. The predicted molar refractivity (Wildman–Crippen MR) is 51.0 cm³/mol. The third-order valence-electron chi connectivity index (χ3n) is 1.94. The third kappa shape index (κ3) is 1.33. The number of rotatable bonds is 2. The van der Waals surface area contributed by atoms with Crippen molar-refractivity contribution in [3.8, 4) is 0 Å². The van der Waals surface area contributed by atoms with E-state index in [1.165, 1.54) is 0 Å². The maximum absolute atomic E-state index is 10.3. The number of fused-ring (bicyclic) bond motifs is 1. The van der Waals surface area contributed by atoms with Crippen LogP contribution in [0.2, 0.25) is 5.02 Å². The van der Waals surface area contributed by atoms with Gasteiger partial charge in [0, 0.05) is 17.4 Å². The van der Waals surface area contributed by atoms with Crippen LogP contribution < -0.4 is 0 Å². The molecule has 1 heterocycles. The first-order valence-electron chi connectivity index (χ1n) is 3.91. The summed E-state index contributed by atoms with van der Waals surface area (Å²) in [7, 11) is 0. The molecular formula is C10H7ClO2. The molecule has 0 N–H and O–H groups in total. The molecule has 0 unspecified atom stereocenters. The Labute approximate surface area is 80.1 Å². The zero-order valence-electron chi connectivity index (χ0n) is 6.79. The van der Waals surface area contributed by atoms with Crippen molar-refractivity contribution in [2.24, 2.45) is 0 Å². The number of para-hydroxylation sites is 1. The highest BCUT2D eigenvalue weighted by Gasteiger charge is 2.07. The van der Waals surface area contributed by atoms with E-state index in [4.69, 9.17) is 16.0 Å². The van der Waals surface area contributed by atoms with Crippen LogP contribution in [0.25, 0.3) is 11.0 Å². The second-order valence-electron chi connectivity index (χ2n) is 2.75. The summed E-state index contributed by atoms with van der Waals surface area (Å²) in [5, 5.41) is 1.49. The molecule has 0 saturated heterocycles. The number of hydrogen-bond donors (Lipinski definition) is 0. The fraction of sp³-hybridized carbons (Fsp3) is 0.100. The lowest BCUT2D eigenvalue weighted by Crippen LogP contribution is -1.81. The van der Waals surface area contributed by atoms with Crippen LogP contribution >= 0.6 is 11.6 Å². The van der Waals surface area contributed by atoms with Gasteiger partial charge in [-0.15, -0.1) is 0 Å². The van der Waals surface area contributed by atoms with Crippen LogP contribution in [0.15, 0.2) is 28.9 Å². The number of carbonyl (C=O) groups is 1. The minimum Gasteiger partial charge on any atom is -0.462 e. The molecule has 1 aromatic heterocycles. The van der Waals surface area contributed by atoms with Gasteiger partial charge >= 0.3 is 0 Å². The minimum atomic E-state index is 0.368. The van der Waals surface area contributed by atoms with Gasteiger partial charge in [0.2, 0.25) is 0 Å². The molecular weight excluding hydrogens is 188 g/mol. The van der Waals surface area contributed by atoms with Crippen LogP contribution in [0, 0.1) is 0 Å². The number of benzene rings is 1. The normalized spacial score (nSPS) is 10.5. The van der Waals surface area contributed by atoms with Gasteiger partial charge in [-0.2, -0.15) is 0 Å². The van der Waals surface area contributed by atoms with Gasteiger partial charge in [-0.1, -0.05) is 23.7 Å². The van der Waals surface area contributed by atoms with Crippen molar-refractivity contribution in [1.29, 1.82) is 0 Å². The molecule has 2 rings (SSSR count). The summed E-state index contributed by atoms with van der Waals surface area (Å²) in [6.45, 7) is 0. The molecule has 0 aliphatic heterocycles. The van der Waals surface area contributed by atoms with Crippen molar-refractivity contribution in [2.45, 2.75) is 6.42 Å². The SMILES string of the molecule is O=CCc1coc2c(Cl)cccc12. The Morgan fingerprint density at radius 2 is 2.31 bits per heavy atom. The molecule has 0 amide bonds. The number of hydrogen-bond acceptors (Lipinski definition) is 2. The topological polar surface area (TPSA) is 30.2 Å². The molecule has 1 aromatic carbocycles. The minimum absolute atomic E-state index is 0.368. The lowest BCUT2D eigenvalue weighted by molar-refractivity contribution is -0.107. The molecule has 13 heavy (non-hydrogen) atoms. The van der Waals surface area contributed by atoms with Crippen LogP contribution in [0.5, 0.6) is 0 Å². The molecule has 2 nitrogen and oxygen atoms in total. The van der Waals surface area contributed by atoms with Crippen molar-refractivity contribution in [2.75, 3.05) is 0 Å². The van der Waals surface area contributed by atoms with Gasteiger partial charge in [0.15, 0.2) is 5.58 Å². The molecule has 0 radical (unpaired) electrons. The summed E-state index contributed by atoms with van der Waals surface area (Å²) in [6, 6.07) is 5.50. The summed E-state index contributed by atoms with van der Waals surface area (Å²) in [5.41, 5.74) is 1.54. The Hall–Kier alpha value is -1.28. The molecule has 0 fully saturated rings. The van der Waals surface area contributed by atoms with E-state index in [1.807, 2.05) is 12.1 Å². The van der Waals surface area contributed by atoms with Gasteiger partial charge < -0.3 is 9.21 Å². The number of aldehydes is 1. The van der Waals surface area contributed by atoms with Gasteiger partial charge in [0.1, 0.15) is 6.29 Å². The van der Waals surface area contributed by atoms with E-state index < -0.39 is 0 Å². The van der Waals surface area contributed by atoms with Gasteiger partial charge in [0.05, 0.1) is 11.3 Å². The molecule has 3 heteroatoms. The van der Waals surface area contributed by atoms with E-state index in [0.29, 0.717) is 17.0 Å². The van der Waals surface area contributed by atoms with Gasteiger partial charge in [-0.3, -0.25) is 0 Å². The Morgan fingerprint density at radius 1 is 1.46 bits per heavy atom. The first-order valence-corrected chi connectivity index (χ1v) is 4.29. The Bertz CT molecular complexity index is 445. The monoisotopic (exact) mass is 194 g/mol. The number of carbonyl (C=O) groups excluding carboxylic acids is 1. The molecule has 0 bridgehead atoms. The highest BCUT2D eigenvalue weighted by molar-refractivity contribution is 6.34. The van der Waals surface area contributed by atoms with E-state index in [1.54, 1.807) is 12.3 Å². The highest BCUT2D eigenvalue weighted by atomic mass is 35.5. The third-order valence-corrected chi connectivity index (χ3v) is 2.23. The van der Waals surface area contributed by atoms with Crippen LogP contribution in [0.3, 0.4) is 0 Å². The summed E-state index contributed by atoms with van der Waals surface area (Å²) in [5.74, 6) is 0. The fourth-order valence-corrected chi connectivity index (χ4v) is 1.54. The molecule has 0 saturated carbocycles. The summed E-state index contributed by atoms with van der Waals surface area (Å²) in [4.78, 5) is 10.3. The number of furan rings is 1. The molecule has 0 spiro atoms. The first kappa shape index (κ1) is 8.32. The maximum Gasteiger partial charge on any atom is 0.152 e. The van der Waals surface area contributed by atoms with Crippen molar-refractivity contribution in [1.82, 2.24) is 0 Å². The largest absolute Gasteiger partial charge is 0.462 e. The fourth-order valence-electron chi connectivity index (χ4n) is 1.32. The van der Waals surface area contributed by atoms with Crippen LogP contribution in [0.4, 0.5) is 0 Å². The first-order chi connectivity index (χ1) is 6.33. The highest BCUT2D eigenvalue weighted by Crippen LogP contribution is 2.27. The number of halogens is 1. The van der Waals surface area contributed by atoms with E-state index in [-0.39, 0.29) is 0 Å². The predicted octanol–water partition coefficient (Wildman–Crippen LogP) is 2.83. The van der Waals surface area contributed by atoms with Crippen molar-refractivity contribution >= 4 is 28.9 Å². The van der Waals surface area contributed by atoms with Crippen LogP contribution in [-0.4, -0.2) is 6.29 Å². The lowest BCUT2D eigenvalue weighted by atomic mass is 10.1. The van der Waals surface area contributed by atoms with E-state index in [2.05, 4.69) is 0 Å². The Morgan fingerprint density at radius 3 is 3.08 bits per heavy atom. The molecule has 0 aliphatic carbocycles. The van der Waals surface area contributed by atoms with Gasteiger partial charge in [-0.05, 0) is 6.07 Å². The molecule has 2 aromatic rings. The van der Waals surface area contributed by atoms with Gasteiger partial charge in [0.25, 0.3) is 0 Å². The van der Waals surface area contributed by atoms with Crippen molar-refractivity contribution in [3.63, 3.8) is 0 Å². The second kappa shape index (κ2) is 3.23. The van der Waals surface area contributed by atoms with E-state index in [0.717, 1.165) is 17.2 Å². The van der Waals surface area contributed by atoms with Crippen molar-refractivity contribution < 1.29 is 9.21 Å². The van der Waals surface area contributed by atoms with E-state index in [9.17, 15) is 4.79 Å². The van der Waals surface area contributed by atoms with Crippen molar-refractivity contribution in [3.05, 3.63) is 35.0 Å². The smallest absolute Gasteiger partial charge is 0.152 e. The second-order valence-corrected chi connectivity index (χ2v) is 3.16. The molecule has 0 atom stereocenters. The summed E-state index contributed by atoms with van der Waals surface area (Å²) >= 11 is 5.89. The zero-order chi connectivity index (χ0) is 9.26. The average molecular weight is 195 g/mol. The maximum atomic E-state index is 10.3. The molecule has 0 aliphatic rings. The van der Waals surface area contributed by atoms with Gasteiger partial charge in [-0.25, -0.2) is 0 Å².